The highest BCUT2D eigenvalue weighted by atomic mass is 127. The molecule has 1 aliphatic heterocycles. The molecular weight excluding hydrogens is 461 g/mol. The molecule has 130 valence electrons. The van der Waals surface area contributed by atoms with Crippen LogP contribution in [0.25, 0.3) is 22.2 Å². The summed E-state index contributed by atoms with van der Waals surface area (Å²) in [6, 6.07) is 18.3. The topological polar surface area (TPSA) is 44.5 Å². The molecule has 0 unspecified atom stereocenters. The van der Waals surface area contributed by atoms with Crippen molar-refractivity contribution in [2.75, 3.05) is 13.2 Å². The molecule has 0 amide bonds. The molecule has 4 nitrogen and oxygen atoms in total. The highest BCUT2D eigenvalue weighted by Gasteiger charge is 2.42. The summed E-state index contributed by atoms with van der Waals surface area (Å²) in [6.45, 7) is 1.15. The lowest BCUT2D eigenvalue weighted by atomic mass is 10.00. The molecule has 5 rings (SSSR count). The van der Waals surface area contributed by atoms with E-state index in [2.05, 4.69) is 45.9 Å². The minimum Gasteiger partial charge on any atom is -0.355 e. The second-order valence-electron chi connectivity index (χ2n) is 6.04. The highest BCUT2D eigenvalue weighted by molar-refractivity contribution is 14.1. The molecule has 1 fully saturated rings. The normalized spacial score (nSPS) is 16.3. The molecule has 6 heteroatoms. The average molecular weight is 475 g/mol. The predicted molar refractivity (Wildman–Crippen MR) is 109 cm³/mol. The van der Waals surface area contributed by atoms with Crippen molar-refractivity contribution in [1.29, 1.82) is 0 Å². The van der Waals surface area contributed by atoms with E-state index in [0.717, 1.165) is 36.2 Å². The van der Waals surface area contributed by atoms with E-state index >= 15 is 0 Å². The van der Waals surface area contributed by atoms with Crippen molar-refractivity contribution in [2.24, 2.45) is 0 Å². The van der Waals surface area contributed by atoms with Gasteiger partial charge >= 0.3 is 0 Å². The van der Waals surface area contributed by atoms with E-state index in [9.17, 15) is 0 Å². The molecule has 0 N–H and O–H groups in total. The molecule has 0 aliphatic carbocycles. The Kier molecular flexibility index (Phi) is 4.08. The Bertz CT molecular complexity index is 1070. The van der Waals surface area contributed by atoms with Gasteiger partial charge in [0.25, 0.3) is 0 Å². The first-order valence-electron chi connectivity index (χ1n) is 8.24. The standard InChI is InChI=1S/C20H14INO3S/c21-15-4-1-3-13(11-15)19-16-12-14(6-7-17(16)22-25-19)20(23-8-9-24-20)18-5-2-10-26-18/h1-7,10-12H,8-9H2. The molecule has 0 radical (unpaired) electrons. The van der Waals surface area contributed by atoms with Crippen LogP contribution >= 0.6 is 33.9 Å². The van der Waals surface area contributed by atoms with E-state index in [1.54, 1.807) is 11.3 Å². The minimum absolute atomic E-state index is 0.573. The SMILES string of the molecule is Ic1cccc(-c2onc3ccc(C4(c5cccs5)OCCO4)cc23)c1. The summed E-state index contributed by atoms with van der Waals surface area (Å²) in [5, 5.41) is 7.22. The van der Waals surface area contributed by atoms with Gasteiger partial charge in [0, 0.05) is 14.7 Å². The number of rotatable bonds is 3. The zero-order valence-corrected chi connectivity index (χ0v) is 16.6. The van der Waals surface area contributed by atoms with Gasteiger partial charge in [-0.3, -0.25) is 0 Å². The second kappa shape index (κ2) is 6.45. The van der Waals surface area contributed by atoms with Crippen LogP contribution in [-0.4, -0.2) is 18.4 Å². The molecule has 1 aliphatic rings. The first kappa shape index (κ1) is 16.4. The zero-order valence-electron chi connectivity index (χ0n) is 13.6. The number of benzene rings is 2. The van der Waals surface area contributed by atoms with E-state index in [1.165, 1.54) is 0 Å². The van der Waals surface area contributed by atoms with Gasteiger partial charge in [-0.25, -0.2) is 0 Å². The van der Waals surface area contributed by atoms with Crippen LogP contribution in [-0.2, 0) is 15.3 Å². The smallest absolute Gasteiger partial charge is 0.232 e. The van der Waals surface area contributed by atoms with Crippen LogP contribution in [0.4, 0.5) is 0 Å². The fourth-order valence-corrected chi connectivity index (χ4v) is 4.71. The summed E-state index contributed by atoms with van der Waals surface area (Å²) in [7, 11) is 0. The molecule has 0 spiro atoms. The number of halogens is 1. The summed E-state index contributed by atoms with van der Waals surface area (Å²) < 4.78 is 19.0. The van der Waals surface area contributed by atoms with E-state index in [1.807, 2.05) is 41.8 Å². The fourth-order valence-electron chi connectivity index (χ4n) is 3.31. The monoisotopic (exact) mass is 475 g/mol. The van der Waals surface area contributed by atoms with Crippen molar-refractivity contribution in [3.63, 3.8) is 0 Å². The summed E-state index contributed by atoms with van der Waals surface area (Å²) in [6.07, 6.45) is 0. The second-order valence-corrected chi connectivity index (χ2v) is 8.24. The third kappa shape index (κ3) is 2.60. The van der Waals surface area contributed by atoms with Gasteiger partial charge in [0.05, 0.1) is 23.5 Å². The lowest BCUT2D eigenvalue weighted by Gasteiger charge is -2.26. The van der Waals surface area contributed by atoms with Gasteiger partial charge in [-0.1, -0.05) is 29.4 Å². The number of hydrogen-bond acceptors (Lipinski definition) is 5. The van der Waals surface area contributed by atoms with Crippen LogP contribution in [0.5, 0.6) is 0 Å². The Hall–Kier alpha value is -1.74. The van der Waals surface area contributed by atoms with Crippen molar-refractivity contribution in [3.05, 3.63) is 74.0 Å². The number of aromatic nitrogens is 1. The maximum atomic E-state index is 6.10. The number of nitrogens with zero attached hydrogens (tertiary/aromatic N) is 1. The fraction of sp³-hybridized carbons (Fsp3) is 0.150. The summed E-state index contributed by atoms with van der Waals surface area (Å²) in [4.78, 5) is 1.04. The molecule has 0 atom stereocenters. The highest BCUT2D eigenvalue weighted by Crippen LogP contribution is 2.42. The predicted octanol–water partition coefficient (Wildman–Crippen LogP) is 5.41. The summed E-state index contributed by atoms with van der Waals surface area (Å²) >= 11 is 3.93. The quantitative estimate of drug-likeness (QED) is 0.372. The lowest BCUT2D eigenvalue weighted by Crippen LogP contribution is -2.27. The number of fused-ring (bicyclic) bond motifs is 1. The van der Waals surface area contributed by atoms with Gasteiger partial charge in [-0.05, 0) is 58.3 Å². The number of thiophene rings is 1. The first-order valence-corrected chi connectivity index (χ1v) is 10.2. The van der Waals surface area contributed by atoms with E-state index in [-0.39, 0.29) is 0 Å². The molecule has 0 saturated carbocycles. The van der Waals surface area contributed by atoms with Crippen molar-refractivity contribution < 1.29 is 14.0 Å². The van der Waals surface area contributed by atoms with Crippen LogP contribution in [0.1, 0.15) is 10.4 Å². The number of hydrogen-bond donors (Lipinski definition) is 0. The molecule has 0 bridgehead atoms. The molecular formula is C20H14INO3S. The molecule has 3 heterocycles. The van der Waals surface area contributed by atoms with E-state index < -0.39 is 5.79 Å². The van der Waals surface area contributed by atoms with Gasteiger partial charge in [0.2, 0.25) is 5.79 Å². The average Bonchev–Trinajstić information content (AvgIpc) is 3.40. The first-order chi connectivity index (χ1) is 12.8. The molecule has 4 aromatic rings. The Morgan fingerprint density at radius 3 is 2.65 bits per heavy atom. The third-order valence-electron chi connectivity index (χ3n) is 4.48. The Balaban J connectivity index is 1.69. The maximum Gasteiger partial charge on any atom is 0.232 e. The molecule has 1 saturated heterocycles. The van der Waals surface area contributed by atoms with Crippen LogP contribution in [0.15, 0.2) is 64.5 Å². The maximum absolute atomic E-state index is 6.10. The van der Waals surface area contributed by atoms with Gasteiger partial charge in [-0.15, -0.1) is 11.3 Å². The van der Waals surface area contributed by atoms with Crippen molar-refractivity contribution >= 4 is 44.8 Å². The van der Waals surface area contributed by atoms with Crippen LogP contribution in [0.3, 0.4) is 0 Å². The van der Waals surface area contributed by atoms with E-state index in [4.69, 9.17) is 14.0 Å². The van der Waals surface area contributed by atoms with Gasteiger partial charge in [-0.2, -0.15) is 0 Å². The molecule has 26 heavy (non-hydrogen) atoms. The van der Waals surface area contributed by atoms with Gasteiger partial charge in [0.15, 0.2) is 5.76 Å². The Labute approximate surface area is 167 Å². The Morgan fingerprint density at radius 2 is 1.88 bits per heavy atom. The molecule has 2 aromatic carbocycles. The summed E-state index contributed by atoms with van der Waals surface area (Å²) in [5.74, 6) is -0.0816. The van der Waals surface area contributed by atoms with Crippen LogP contribution in [0.2, 0.25) is 0 Å². The van der Waals surface area contributed by atoms with Crippen LogP contribution in [0, 0.1) is 3.57 Å². The van der Waals surface area contributed by atoms with Gasteiger partial charge in [0.1, 0.15) is 5.52 Å². The zero-order chi connectivity index (χ0) is 17.6. The van der Waals surface area contributed by atoms with Crippen molar-refractivity contribution in [2.45, 2.75) is 5.79 Å². The van der Waals surface area contributed by atoms with Gasteiger partial charge < -0.3 is 14.0 Å². The molecule has 2 aromatic heterocycles. The largest absolute Gasteiger partial charge is 0.355 e. The van der Waals surface area contributed by atoms with Crippen molar-refractivity contribution in [1.82, 2.24) is 5.16 Å². The minimum atomic E-state index is -0.845. The Morgan fingerprint density at radius 1 is 1.00 bits per heavy atom. The number of ether oxygens (including phenoxy) is 2. The lowest BCUT2D eigenvalue weighted by molar-refractivity contribution is -0.127. The van der Waals surface area contributed by atoms with Crippen molar-refractivity contribution in [3.8, 4) is 11.3 Å². The van der Waals surface area contributed by atoms with Crippen LogP contribution < -0.4 is 0 Å². The third-order valence-corrected chi connectivity index (χ3v) is 6.11. The van der Waals surface area contributed by atoms with E-state index in [0.29, 0.717) is 13.2 Å². The summed E-state index contributed by atoms with van der Waals surface area (Å²) in [5.41, 5.74) is 2.79.